The van der Waals surface area contributed by atoms with Crippen molar-refractivity contribution in [2.75, 3.05) is 7.11 Å². The summed E-state index contributed by atoms with van der Waals surface area (Å²) in [5, 5.41) is 8.09. The van der Waals surface area contributed by atoms with E-state index in [-0.39, 0.29) is 11.4 Å². The number of aromatic nitrogens is 4. The molecule has 0 atom stereocenters. The Bertz CT molecular complexity index is 1210. The predicted octanol–water partition coefficient (Wildman–Crippen LogP) is 4.00. The van der Waals surface area contributed by atoms with Crippen LogP contribution in [0.1, 0.15) is 36.7 Å². The largest absolute Gasteiger partial charge is 0.493 e. The van der Waals surface area contributed by atoms with Gasteiger partial charge in [-0.25, -0.2) is 9.97 Å². The number of imidazole rings is 1. The average molecular weight is 403 g/mol. The molecule has 4 rings (SSSR count). The van der Waals surface area contributed by atoms with Crippen molar-refractivity contribution in [1.82, 2.24) is 19.5 Å². The van der Waals surface area contributed by atoms with Crippen LogP contribution in [0.5, 0.6) is 11.5 Å². The van der Waals surface area contributed by atoms with Gasteiger partial charge in [0.2, 0.25) is 0 Å². The molecule has 0 saturated heterocycles. The zero-order valence-electron chi connectivity index (χ0n) is 17.3. The van der Waals surface area contributed by atoms with Gasteiger partial charge in [-0.2, -0.15) is 0 Å². The lowest BCUT2D eigenvalue weighted by atomic mass is 10.2. The van der Waals surface area contributed by atoms with Crippen LogP contribution in [0.3, 0.4) is 0 Å². The predicted molar refractivity (Wildman–Crippen MR) is 115 cm³/mol. The number of fused-ring (bicyclic) bond motifs is 1. The molecule has 7 heteroatoms. The van der Waals surface area contributed by atoms with E-state index in [9.17, 15) is 0 Å². The second-order valence-corrected chi connectivity index (χ2v) is 7.46. The van der Waals surface area contributed by atoms with Crippen LogP contribution in [0, 0.1) is 5.41 Å². The number of hydrogen-bond acceptors (Lipinski definition) is 5. The van der Waals surface area contributed by atoms with Crippen molar-refractivity contribution in [3.63, 3.8) is 0 Å². The maximum absolute atomic E-state index is 8.09. The number of nitrogens with one attached hydrogen (secondary N) is 2. The lowest BCUT2D eigenvalue weighted by Crippen LogP contribution is -2.13. The van der Waals surface area contributed by atoms with E-state index in [1.54, 1.807) is 13.4 Å². The van der Waals surface area contributed by atoms with E-state index < -0.39 is 0 Å². The molecule has 154 valence electrons. The Morgan fingerprint density at radius 3 is 2.60 bits per heavy atom. The molecular formula is C23H25N5O2. The summed E-state index contributed by atoms with van der Waals surface area (Å²) >= 11 is 0. The highest BCUT2D eigenvalue weighted by Gasteiger charge is 2.13. The average Bonchev–Trinajstić information content (AvgIpc) is 3.22. The smallest absolute Gasteiger partial charge is 0.173 e. The first-order valence-electron chi connectivity index (χ1n) is 9.88. The van der Waals surface area contributed by atoms with Crippen LogP contribution >= 0.6 is 0 Å². The second-order valence-electron chi connectivity index (χ2n) is 7.46. The molecule has 0 unspecified atom stereocenters. The van der Waals surface area contributed by atoms with Gasteiger partial charge in [0, 0.05) is 5.92 Å². The van der Waals surface area contributed by atoms with Gasteiger partial charge in [-0.1, -0.05) is 50.2 Å². The number of nitrogens with zero attached hydrogens (tertiary/aromatic N) is 3. The number of ether oxygens (including phenoxy) is 2. The highest BCUT2D eigenvalue weighted by atomic mass is 16.5. The molecule has 30 heavy (non-hydrogen) atoms. The number of rotatable bonds is 7. The first-order chi connectivity index (χ1) is 14.5. The van der Waals surface area contributed by atoms with Gasteiger partial charge in [-0.05, 0) is 23.3 Å². The standard InChI is InChI=1S/C23H25N5O2/c1-15(2)22-26-20-21(24)25-14-28(23(20)27-22)12-17-9-10-18(29-3)19(11-17)30-13-16-7-5-4-6-8-16/h4-11,14-15,24H,12-13H2,1-3H3,(H,26,27). The molecule has 0 bridgehead atoms. The Hall–Kier alpha value is -3.61. The van der Waals surface area contributed by atoms with E-state index in [1.165, 1.54) is 0 Å². The van der Waals surface area contributed by atoms with Gasteiger partial charge < -0.3 is 19.0 Å². The quantitative estimate of drug-likeness (QED) is 0.488. The minimum absolute atomic E-state index is 0.197. The molecule has 0 amide bonds. The highest BCUT2D eigenvalue weighted by molar-refractivity contribution is 5.69. The fourth-order valence-corrected chi connectivity index (χ4v) is 3.25. The lowest BCUT2D eigenvalue weighted by Gasteiger charge is -2.13. The van der Waals surface area contributed by atoms with E-state index >= 15 is 0 Å². The first kappa shape index (κ1) is 19.7. The topological polar surface area (TPSA) is 88.8 Å². The van der Waals surface area contributed by atoms with Gasteiger partial charge in [0.25, 0.3) is 0 Å². The van der Waals surface area contributed by atoms with Gasteiger partial charge in [-0.3, -0.25) is 5.41 Å². The van der Waals surface area contributed by atoms with E-state index in [4.69, 9.17) is 19.9 Å². The fraction of sp³-hybridized carbons (Fsp3) is 0.261. The molecule has 7 nitrogen and oxygen atoms in total. The Balaban J connectivity index is 1.63. The maximum Gasteiger partial charge on any atom is 0.173 e. The minimum Gasteiger partial charge on any atom is -0.493 e. The van der Waals surface area contributed by atoms with Crippen molar-refractivity contribution in [2.45, 2.75) is 32.9 Å². The summed E-state index contributed by atoms with van der Waals surface area (Å²) in [5.74, 6) is 2.46. The van der Waals surface area contributed by atoms with Crippen LogP contribution in [-0.4, -0.2) is 26.6 Å². The SMILES string of the molecule is COc1ccc(Cn2cnc(=N)c3[nH]c(C(C)C)nc32)cc1OCc1ccccc1. The minimum atomic E-state index is 0.197. The molecule has 2 aromatic heterocycles. The number of methoxy groups -OCH3 is 1. The number of benzene rings is 2. The molecule has 0 radical (unpaired) electrons. The third kappa shape index (κ3) is 4.05. The Kier molecular flexibility index (Phi) is 5.52. The Labute approximate surface area is 174 Å². The first-order valence-corrected chi connectivity index (χ1v) is 9.88. The van der Waals surface area contributed by atoms with Crippen molar-refractivity contribution in [3.05, 3.63) is 77.3 Å². The Morgan fingerprint density at radius 1 is 1.07 bits per heavy atom. The van der Waals surface area contributed by atoms with Gasteiger partial charge in [0.1, 0.15) is 17.9 Å². The van der Waals surface area contributed by atoms with Crippen LogP contribution in [-0.2, 0) is 13.2 Å². The van der Waals surface area contributed by atoms with Gasteiger partial charge in [-0.15, -0.1) is 0 Å². The summed E-state index contributed by atoms with van der Waals surface area (Å²) < 4.78 is 13.4. The van der Waals surface area contributed by atoms with Gasteiger partial charge >= 0.3 is 0 Å². The number of H-pyrrole nitrogens is 1. The summed E-state index contributed by atoms with van der Waals surface area (Å²) in [6.45, 7) is 5.15. The fourth-order valence-electron chi connectivity index (χ4n) is 3.25. The molecule has 0 saturated carbocycles. The molecule has 0 aliphatic heterocycles. The van der Waals surface area contributed by atoms with Gasteiger partial charge in [0.15, 0.2) is 22.6 Å². The molecule has 0 aliphatic carbocycles. The second kappa shape index (κ2) is 8.41. The summed E-state index contributed by atoms with van der Waals surface area (Å²) in [5.41, 5.74) is 3.69. The molecule has 0 fully saturated rings. The molecule has 4 aromatic rings. The third-order valence-corrected chi connectivity index (χ3v) is 4.90. The molecule has 2 N–H and O–H groups in total. The summed E-state index contributed by atoms with van der Waals surface area (Å²) in [7, 11) is 1.64. The molecular weight excluding hydrogens is 378 g/mol. The summed E-state index contributed by atoms with van der Waals surface area (Å²) in [6, 6.07) is 15.9. The van der Waals surface area contributed by atoms with Gasteiger partial charge in [0.05, 0.1) is 20.0 Å². The van der Waals surface area contributed by atoms with E-state index in [0.717, 1.165) is 22.6 Å². The molecule has 2 heterocycles. The van der Waals surface area contributed by atoms with Crippen LogP contribution in [0.25, 0.3) is 11.2 Å². The molecule has 0 spiro atoms. The normalized spacial score (nSPS) is 11.2. The van der Waals surface area contributed by atoms with Crippen molar-refractivity contribution < 1.29 is 9.47 Å². The van der Waals surface area contributed by atoms with Crippen molar-refractivity contribution in [2.24, 2.45) is 0 Å². The monoisotopic (exact) mass is 403 g/mol. The van der Waals surface area contributed by atoms with E-state index in [0.29, 0.717) is 30.2 Å². The van der Waals surface area contributed by atoms with E-state index in [1.807, 2.05) is 53.1 Å². The van der Waals surface area contributed by atoms with Crippen LogP contribution < -0.4 is 15.0 Å². The van der Waals surface area contributed by atoms with Crippen LogP contribution in [0.2, 0.25) is 0 Å². The summed E-state index contributed by atoms with van der Waals surface area (Å²) in [4.78, 5) is 12.1. The third-order valence-electron chi connectivity index (χ3n) is 4.90. The number of hydrogen-bond donors (Lipinski definition) is 2. The Morgan fingerprint density at radius 2 is 1.87 bits per heavy atom. The zero-order valence-corrected chi connectivity index (χ0v) is 17.3. The number of aromatic amines is 1. The van der Waals surface area contributed by atoms with Crippen molar-refractivity contribution in [1.29, 1.82) is 5.41 Å². The summed E-state index contributed by atoms with van der Waals surface area (Å²) in [6.07, 6.45) is 1.66. The van der Waals surface area contributed by atoms with Crippen LogP contribution in [0.4, 0.5) is 0 Å². The van der Waals surface area contributed by atoms with Crippen molar-refractivity contribution in [3.8, 4) is 11.5 Å². The van der Waals surface area contributed by atoms with Crippen molar-refractivity contribution >= 4 is 11.2 Å². The lowest BCUT2D eigenvalue weighted by molar-refractivity contribution is 0.284. The molecule has 2 aromatic carbocycles. The highest BCUT2D eigenvalue weighted by Crippen LogP contribution is 2.29. The maximum atomic E-state index is 8.09. The van der Waals surface area contributed by atoms with Crippen LogP contribution in [0.15, 0.2) is 54.9 Å². The molecule has 0 aliphatic rings. The van der Waals surface area contributed by atoms with E-state index in [2.05, 4.69) is 23.8 Å². The zero-order chi connectivity index (χ0) is 21.1.